The summed E-state index contributed by atoms with van der Waals surface area (Å²) in [5.41, 5.74) is 2.40. The van der Waals surface area contributed by atoms with E-state index in [4.69, 9.17) is 11.6 Å². The average molecular weight is 477 g/mol. The Morgan fingerprint density at radius 3 is 2.25 bits per heavy atom. The smallest absolute Gasteiger partial charge is 0.253 e. The van der Waals surface area contributed by atoms with Crippen LogP contribution in [-0.2, 0) is 15.4 Å². The second-order valence-corrected chi connectivity index (χ2v) is 12.1. The van der Waals surface area contributed by atoms with Crippen molar-refractivity contribution in [2.75, 3.05) is 13.1 Å². The lowest BCUT2D eigenvalue weighted by atomic mass is 9.86. The van der Waals surface area contributed by atoms with Gasteiger partial charge in [0.25, 0.3) is 5.91 Å². The molecule has 0 unspecified atom stereocenters. The zero-order valence-corrected chi connectivity index (χ0v) is 21.1. The van der Waals surface area contributed by atoms with E-state index >= 15 is 0 Å². The molecule has 7 heteroatoms. The maximum Gasteiger partial charge on any atom is 0.253 e. The lowest BCUT2D eigenvalue weighted by molar-refractivity contribution is 0.0940. The number of carbonyl (C=O) groups excluding carboxylic acids is 1. The van der Waals surface area contributed by atoms with E-state index in [1.54, 1.807) is 0 Å². The molecular weight excluding hydrogens is 444 g/mol. The van der Waals surface area contributed by atoms with Crippen molar-refractivity contribution in [1.82, 2.24) is 9.62 Å². The number of sulfonamides is 1. The van der Waals surface area contributed by atoms with E-state index < -0.39 is 15.9 Å². The topological polar surface area (TPSA) is 66.5 Å². The van der Waals surface area contributed by atoms with Crippen LogP contribution in [-0.4, -0.2) is 31.7 Å². The predicted molar refractivity (Wildman–Crippen MR) is 130 cm³/mol. The third kappa shape index (κ3) is 5.53. The van der Waals surface area contributed by atoms with Gasteiger partial charge in [-0.1, -0.05) is 63.6 Å². The molecule has 0 spiro atoms. The van der Waals surface area contributed by atoms with Crippen LogP contribution in [0.3, 0.4) is 0 Å². The van der Waals surface area contributed by atoms with E-state index in [1.165, 1.54) is 28.1 Å². The van der Waals surface area contributed by atoms with E-state index in [-0.39, 0.29) is 26.9 Å². The fourth-order valence-electron chi connectivity index (χ4n) is 3.84. The summed E-state index contributed by atoms with van der Waals surface area (Å²) in [6, 6.07) is 12.2. The minimum atomic E-state index is -3.66. The number of halogens is 1. The summed E-state index contributed by atoms with van der Waals surface area (Å²) in [6.45, 7) is 11.5. The molecule has 0 aliphatic carbocycles. The molecular formula is C25H33ClN2O3S. The van der Waals surface area contributed by atoms with Crippen molar-refractivity contribution in [2.45, 2.75) is 63.8 Å². The normalized spacial score (nSPS) is 17.2. The molecule has 0 radical (unpaired) electrons. The summed E-state index contributed by atoms with van der Waals surface area (Å²) in [6.07, 6.45) is 1.68. The largest absolute Gasteiger partial charge is 0.345 e. The van der Waals surface area contributed by atoms with Crippen LogP contribution in [0.4, 0.5) is 0 Å². The van der Waals surface area contributed by atoms with Gasteiger partial charge in [-0.05, 0) is 60.4 Å². The third-order valence-electron chi connectivity index (χ3n) is 6.19. The van der Waals surface area contributed by atoms with Crippen LogP contribution in [0.25, 0.3) is 0 Å². The number of hydrogen-bond acceptors (Lipinski definition) is 3. The van der Waals surface area contributed by atoms with Crippen molar-refractivity contribution in [3.8, 4) is 0 Å². The molecule has 2 aromatic rings. The Hall–Kier alpha value is -1.89. The molecule has 1 amide bonds. The van der Waals surface area contributed by atoms with Crippen molar-refractivity contribution in [3.63, 3.8) is 0 Å². The zero-order valence-electron chi connectivity index (χ0n) is 19.5. The number of amides is 1. The Labute approximate surface area is 197 Å². The number of nitrogens with zero attached hydrogens (tertiary/aromatic N) is 1. The van der Waals surface area contributed by atoms with E-state index in [2.05, 4.69) is 45.1 Å². The predicted octanol–water partition coefficient (Wildman–Crippen LogP) is 5.55. The molecule has 5 nitrogen and oxygen atoms in total. The van der Waals surface area contributed by atoms with Gasteiger partial charge in [0.1, 0.15) is 0 Å². The summed E-state index contributed by atoms with van der Waals surface area (Å²) in [5.74, 6) is 0.124. The van der Waals surface area contributed by atoms with E-state index in [0.29, 0.717) is 19.0 Å². The highest BCUT2D eigenvalue weighted by atomic mass is 35.5. The number of nitrogens with one attached hydrogen (secondary N) is 1. The molecule has 0 aromatic heterocycles. The van der Waals surface area contributed by atoms with E-state index in [1.807, 2.05) is 19.1 Å². The summed E-state index contributed by atoms with van der Waals surface area (Å²) < 4.78 is 27.7. The lowest BCUT2D eigenvalue weighted by Gasteiger charge is -2.29. The Bertz CT molecular complexity index is 1070. The van der Waals surface area contributed by atoms with Gasteiger partial charge in [-0.15, -0.1) is 0 Å². The number of benzene rings is 2. The second-order valence-electron chi connectivity index (χ2n) is 9.80. The maximum absolute atomic E-state index is 13.1. The third-order valence-corrected chi connectivity index (χ3v) is 8.41. The van der Waals surface area contributed by atoms with Crippen LogP contribution in [0, 0.1) is 5.92 Å². The van der Waals surface area contributed by atoms with Gasteiger partial charge >= 0.3 is 0 Å². The van der Waals surface area contributed by atoms with Gasteiger partial charge in [0.2, 0.25) is 10.0 Å². The Morgan fingerprint density at radius 2 is 1.69 bits per heavy atom. The van der Waals surface area contributed by atoms with E-state index in [9.17, 15) is 13.2 Å². The molecule has 32 heavy (non-hydrogen) atoms. The van der Waals surface area contributed by atoms with Crippen LogP contribution >= 0.6 is 11.6 Å². The van der Waals surface area contributed by atoms with Gasteiger partial charge in [0.15, 0.2) is 0 Å². The zero-order chi connectivity index (χ0) is 23.7. The Balaban J connectivity index is 1.78. The Morgan fingerprint density at radius 1 is 1.09 bits per heavy atom. The van der Waals surface area contributed by atoms with Crippen LogP contribution in [0.5, 0.6) is 0 Å². The molecule has 1 saturated heterocycles. The van der Waals surface area contributed by atoms with Gasteiger partial charge in [0.05, 0.1) is 21.5 Å². The summed E-state index contributed by atoms with van der Waals surface area (Å²) in [4.78, 5) is 13.1. The summed E-state index contributed by atoms with van der Waals surface area (Å²) in [7, 11) is -3.66. The molecule has 3 rings (SSSR count). The van der Waals surface area contributed by atoms with Crippen molar-refractivity contribution in [2.24, 2.45) is 5.92 Å². The molecule has 1 aliphatic heterocycles. The first kappa shape index (κ1) is 24.7. The van der Waals surface area contributed by atoms with Crippen molar-refractivity contribution < 1.29 is 13.2 Å². The fraction of sp³-hybridized carbons (Fsp3) is 0.480. The number of hydrogen-bond donors (Lipinski definition) is 1. The molecule has 2 aromatic carbocycles. The average Bonchev–Trinajstić information content (AvgIpc) is 2.73. The second kappa shape index (κ2) is 9.54. The van der Waals surface area contributed by atoms with Crippen LogP contribution in [0.15, 0.2) is 47.4 Å². The van der Waals surface area contributed by atoms with Gasteiger partial charge < -0.3 is 5.32 Å². The minimum Gasteiger partial charge on any atom is -0.345 e. The molecule has 1 aliphatic rings. The van der Waals surface area contributed by atoms with Gasteiger partial charge in [-0.25, -0.2) is 8.42 Å². The minimum absolute atomic E-state index is 0.0525. The molecule has 1 N–H and O–H groups in total. The number of carbonyl (C=O) groups is 1. The highest BCUT2D eigenvalue weighted by Crippen LogP contribution is 2.28. The molecule has 1 heterocycles. The lowest BCUT2D eigenvalue weighted by Crippen LogP contribution is -2.38. The monoisotopic (exact) mass is 476 g/mol. The first-order chi connectivity index (χ1) is 14.9. The standard InChI is InChI=1S/C25H33ClN2O3S/c1-17-12-14-28(15-13-17)32(30,31)21-10-11-23(26)22(16-21)24(29)27-18(2)19-6-8-20(9-7-19)25(3,4)5/h6-11,16-18H,12-15H2,1-5H3,(H,27,29)/t18-/m0/s1. The Kier molecular flexibility index (Phi) is 7.38. The van der Waals surface area contributed by atoms with Crippen molar-refractivity contribution in [3.05, 3.63) is 64.2 Å². The number of piperidine rings is 1. The highest BCUT2D eigenvalue weighted by molar-refractivity contribution is 7.89. The molecule has 0 saturated carbocycles. The fourth-order valence-corrected chi connectivity index (χ4v) is 5.54. The molecule has 1 fully saturated rings. The van der Waals surface area contributed by atoms with Gasteiger partial charge in [0, 0.05) is 13.1 Å². The SMILES string of the molecule is CC1CCN(S(=O)(=O)c2ccc(Cl)c(C(=O)N[C@@H](C)c3ccc(C(C)(C)C)cc3)c2)CC1. The van der Waals surface area contributed by atoms with Crippen LogP contribution in [0.1, 0.15) is 75.0 Å². The number of rotatable bonds is 5. The quantitative estimate of drug-likeness (QED) is 0.615. The van der Waals surface area contributed by atoms with Gasteiger partial charge in [-0.2, -0.15) is 4.31 Å². The van der Waals surface area contributed by atoms with Gasteiger partial charge in [-0.3, -0.25) is 4.79 Å². The first-order valence-electron chi connectivity index (χ1n) is 11.1. The van der Waals surface area contributed by atoms with Crippen LogP contribution < -0.4 is 5.32 Å². The van der Waals surface area contributed by atoms with E-state index in [0.717, 1.165) is 18.4 Å². The summed E-state index contributed by atoms with van der Waals surface area (Å²) >= 11 is 6.28. The summed E-state index contributed by atoms with van der Waals surface area (Å²) in [5, 5.41) is 3.17. The molecule has 1 atom stereocenters. The molecule has 0 bridgehead atoms. The maximum atomic E-state index is 13.1. The molecule has 174 valence electrons. The van der Waals surface area contributed by atoms with Crippen molar-refractivity contribution in [1.29, 1.82) is 0 Å². The first-order valence-corrected chi connectivity index (χ1v) is 12.9. The highest BCUT2D eigenvalue weighted by Gasteiger charge is 2.29. The van der Waals surface area contributed by atoms with Crippen molar-refractivity contribution >= 4 is 27.5 Å². The van der Waals surface area contributed by atoms with Crippen LogP contribution in [0.2, 0.25) is 5.02 Å².